The molecule has 3 heterocycles. The van der Waals surface area contributed by atoms with Gasteiger partial charge in [0.25, 0.3) is 5.89 Å². The first kappa shape index (κ1) is 16.6. The van der Waals surface area contributed by atoms with Crippen LogP contribution in [0.1, 0.15) is 49.7 Å². The molecule has 0 radical (unpaired) electrons. The molecule has 1 atom stereocenters. The molecule has 142 valence electrons. The van der Waals surface area contributed by atoms with Crippen molar-refractivity contribution in [2.45, 2.75) is 44.6 Å². The Morgan fingerprint density at radius 2 is 2.00 bits per heavy atom. The fraction of sp³-hybridized carbons (Fsp3) is 0.550. The normalized spacial score (nSPS) is 22.8. The fourth-order valence-electron chi connectivity index (χ4n) is 4.10. The van der Waals surface area contributed by atoms with E-state index in [0.29, 0.717) is 11.3 Å². The minimum Gasteiger partial charge on any atom is -0.480 e. The molecule has 0 bridgehead atoms. The molecule has 1 amide bonds. The Labute approximate surface area is 158 Å². The van der Waals surface area contributed by atoms with Crippen LogP contribution in [-0.4, -0.2) is 40.6 Å². The summed E-state index contributed by atoms with van der Waals surface area (Å²) < 4.78 is 11.7. The summed E-state index contributed by atoms with van der Waals surface area (Å²) in [7, 11) is 0. The van der Waals surface area contributed by atoms with E-state index in [0.717, 1.165) is 44.5 Å². The number of carbonyl (C=O) groups is 1. The smallest absolute Gasteiger partial charge is 0.316 e. The van der Waals surface area contributed by atoms with Crippen LogP contribution >= 0.6 is 0 Å². The highest BCUT2D eigenvalue weighted by atomic mass is 16.5. The minimum atomic E-state index is -0.240. The fourth-order valence-corrected chi connectivity index (χ4v) is 4.10. The van der Waals surface area contributed by atoms with Gasteiger partial charge in [-0.3, -0.25) is 4.79 Å². The number of aromatic nitrogens is 2. The molecular weight excluding hydrogens is 344 g/mol. The van der Waals surface area contributed by atoms with Gasteiger partial charge >= 0.3 is 6.01 Å². The molecule has 27 heavy (non-hydrogen) atoms. The molecule has 1 spiro atoms. The highest BCUT2D eigenvalue weighted by molar-refractivity contribution is 5.80. The molecule has 1 aromatic carbocycles. The van der Waals surface area contributed by atoms with Crippen molar-refractivity contribution < 1.29 is 13.9 Å². The molecule has 1 unspecified atom stereocenters. The van der Waals surface area contributed by atoms with Gasteiger partial charge in [-0.25, -0.2) is 0 Å². The van der Waals surface area contributed by atoms with Crippen LogP contribution in [0, 0.1) is 5.41 Å². The number of hydrogen-bond acceptors (Lipinski definition) is 6. The first-order chi connectivity index (χ1) is 13.2. The van der Waals surface area contributed by atoms with Gasteiger partial charge in [-0.15, -0.1) is 5.10 Å². The van der Waals surface area contributed by atoms with E-state index in [1.165, 1.54) is 18.4 Å². The average molecular weight is 368 g/mol. The number of anilines is 1. The summed E-state index contributed by atoms with van der Waals surface area (Å²) >= 11 is 0. The van der Waals surface area contributed by atoms with Crippen molar-refractivity contribution in [1.82, 2.24) is 15.1 Å². The van der Waals surface area contributed by atoms with Crippen LogP contribution < -0.4 is 10.1 Å². The maximum atomic E-state index is 12.4. The molecule has 2 aliphatic heterocycles. The molecule has 3 aliphatic rings. The molecule has 1 saturated carbocycles. The number of piperidine rings is 1. The van der Waals surface area contributed by atoms with Crippen LogP contribution in [0.4, 0.5) is 6.01 Å². The van der Waals surface area contributed by atoms with Gasteiger partial charge in [-0.2, -0.15) is 0 Å². The van der Waals surface area contributed by atoms with Gasteiger partial charge < -0.3 is 19.4 Å². The first-order valence-electron chi connectivity index (χ1n) is 9.80. The largest absolute Gasteiger partial charge is 0.480 e. The van der Waals surface area contributed by atoms with Crippen LogP contribution in [-0.2, 0) is 11.2 Å². The molecule has 7 nitrogen and oxygen atoms in total. The molecule has 1 N–H and O–H groups in total. The molecule has 1 aromatic heterocycles. The van der Waals surface area contributed by atoms with Crippen LogP contribution in [0.25, 0.3) is 0 Å². The van der Waals surface area contributed by atoms with Crippen LogP contribution in [0.3, 0.4) is 0 Å². The van der Waals surface area contributed by atoms with Crippen molar-refractivity contribution in [3.63, 3.8) is 0 Å². The zero-order valence-corrected chi connectivity index (χ0v) is 15.3. The zero-order chi connectivity index (χ0) is 18.3. The van der Waals surface area contributed by atoms with E-state index < -0.39 is 0 Å². The second kappa shape index (κ2) is 6.55. The van der Waals surface area contributed by atoms with Crippen molar-refractivity contribution in [3.8, 4) is 5.75 Å². The summed E-state index contributed by atoms with van der Waals surface area (Å²) in [5.74, 6) is 1.41. The van der Waals surface area contributed by atoms with E-state index in [1.54, 1.807) is 0 Å². The van der Waals surface area contributed by atoms with Gasteiger partial charge in [-0.05, 0) is 55.6 Å². The number of nitrogens with zero attached hydrogens (tertiary/aromatic N) is 3. The minimum absolute atomic E-state index is 0.0908. The summed E-state index contributed by atoms with van der Waals surface area (Å²) in [5.41, 5.74) is 1.77. The lowest BCUT2D eigenvalue weighted by Crippen LogP contribution is -2.41. The maximum Gasteiger partial charge on any atom is 0.316 e. The molecule has 2 fully saturated rings. The molecule has 7 heteroatoms. The number of benzene rings is 1. The Bertz CT molecular complexity index is 835. The molecule has 1 aliphatic carbocycles. The lowest BCUT2D eigenvalue weighted by atomic mass is 9.94. The summed E-state index contributed by atoms with van der Waals surface area (Å²) in [6.07, 6.45) is 6.44. The van der Waals surface area contributed by atoms with Crippen LogP contribution in [0.5, 0.6) is 5.75 Å². The Hall–Kier alpha value is -2.57. The van der Waals surface area contributed by atoms with Gasteiger partial charge in [0.1, 0.15) is 5.75 Å². The van der Waals surface area contributed by atoms with Gasteiger partial charge in [0, 0.05) is 13.1 Å². The summed E-state index contributed by atoms with van der Waals surface area (Å²) in [6.45, 7) is 1.92. The molecule has 5 rings (SSSR count). The Kier molecular flexibility index (Phi) is 4.02. The number of fused-ring (bicyclic) bond motifs is 1. The van der Waals surface area contributed by atoms with E-state index in [1.807, 2.05) is 23.1 Å². The van der Waals surface area contributed by atoms with Crippen molar-refractivity contribution in [3.05, 3.63) is 35.7 Å². The van der Waals surface area contributed by atoms with E-state index in [2.05, 4.69) is 21.6 Å². The third-order valence-corrected chi connectivity index (χ3v) is 6.16. The number of carbonyl (C=O) groups excluding carboxylic acids is 1. The molecule has 1 saturated heterocycles. The monoisotopic (exact) mass is 368 g/mol. The molecular formula is C20H24N4O3. The average Bonchev–Trinajstić information content (AvgIpc) is 3.29. The van der Waals surface area contributed by atoms with Crippen molar-refractivity contribution in [1.29, 1.82) is 0 Å². The number of aryl methyl sites for hydroxylation is 1. The van der Waals surface area contributed by atoms with Crippen molar-refractivity contribution >= 4 is 11.9 Å². The lowest BCUT2D eigenvalue weighted by molar-refractivity contribution is -0.130. The second-order valence-corrected chi connectivity index (χ2v) is 7.93. The number of ether oxygens (including phenoxy) is 1. The van der Waals surface area contributed by atoms with Crippen molar-refractivity contribution in [2.75, 3.05) is 25.0 Å². The second-order valence-electron chi connectivity index (χ2n) is 7.93. The Balaban J connectivity index is 1.15. The van der Waals surface area contributed by atoms with Crippen LogP contribution in [0.2, 0.25) is 0 Å². The summed E-state index contributed by atoms with van der Waals surface area (Å²) in [5, 5.41) is 11.1. The van der Waals surface area contributed by atoms with Crippen molar-refractivity contribution in [2.24, 2.45) is 5.41 Å². The Morgan fingerprint density at radius 1 is 1.19 bits per heavy atom. The summed E-state index contributed by atoms with van der Waals surface area (Å²) in [4.78, 5) is 14.3. The van der Waals surface area contributed by atoms with E-state index >= 15 is 0 Å². The number of hydrogen-bond donors (Lipinski definition) is 1. The van der Waals surface area contributed by atoms with Gasteiger partial charge in [0.15, 0.2) is 6.10 Å². The van der Waals surface area contributed by atoms with E-state index in [-0.39, 0.29) is 24.6 Å². The summed E-state index contributed by atoms with van der Waals surface area (Å²) in [6, 6.07) is 8.28. The number of rotatable bonds is 4. The highest BCUT2D eigenvalue weighted by Gasteiger charge is 2.45. The third-order valence-electron chi connectivity index (χ3n) is 6.16. The first-order valence-corrected chi connectivity index (χ1v) is 9.80. The standard InChI is InChI=1S/C20H24N4O3/c25-17(24-11-9-20(7-8-20)10-12-24)13-21-19-23-22-18(27-19)16-6-5-14-3-1-2-4-15(14)26-16/h1-4,16H,5-13H2,(H,21,23). The number of likely N-dealkylation sites (tertiary alicyclic amines) is 1. The lowest BCUT2D eigenvalue weighted by Gasteiger charge is -2.32. The Morgan fingerprint density at radius 3 is 2.81 bits per heavy atom. The predicted octanol–water partition coefficient (Wildman–Crippen LogP) is 2.95. The number of para-hydroxylation sites is 1. The zero-order valence-electron chi connectivity index (χ0n) is 15.3. The number of nitrogens with one attached hydrogen (secondary N) is 1. The van der Waals surface area contributed by atoms with Crippen LogP contribution in [0.15, 0.2) is 28.7 Å². The number of amides is 1. The predicted molar refractivity (Wildman–Crippen MR) is 98.4 cm³/mol. The van der Waals surface area contributed by atoms with E-state index in [9.17, 15) is 4.79 Å². The third kappa shape index (κ3) is 3.38. The highest BCUT2D eigenvalue weighted by Crippen LogP contribution is 2.53. The molecule has 2 aromatic rings. The van der Waals surface area contributed by atoms with Gasteiger partial charge in [-0.1, -0.05) is 23.3 Å². The van der Waals surface area contributed by atoms with Gasteiger partial charge in [0.05, 0.1) is 6.54 Å². The quantitative estimate of drug-likeness (QED) is 0.894. The van der Waals surface area contributed by atoms with Gasteiger partial charge in [0.2, 0.25) is 5.91 Å². The maximum absolute atomic E-state index is 12.4. The SMILES string of the molecule is O=C(CNc1nnc(C2CCc3ccccc3O2)o1)N1CCC2(CC1)CC2. The topological polar surface area (TPSA) is 80.5 Å². The van der Waals surface area contributed by atoms with E-state index in [4.69, 9.17) is 9.15 Å².